The van der Waals surface area contributed by atoms with Crippen molar-refractivity contribution in [1.82, 2.24) is 4.90 Å². The largest absolute Gasteiger partial charge is 0.494 e. The Kier molecular flexibility index (Phi) is 4.53. The van der Waals surface area contributed by atoms with Crippen molar-refractivity contribution in [1.29, 1.82) is 0 Å². The van der Waals surface area contributed by atoms with Gasteiger partial charge in [-0.25, -0.2) is 0 Å². The van der Waals surface area contributed by atoms with Crippen LogP contribution in [0.2, 0.25) is 0 Å². The minimum absolute atomic E-state index is 0.616. The highest BCUT2D eigenvalue weighted by Gasteiger charge is 2.22. The molecule has 0 amide bonds. The Morgan fingerprint density at radius 1 is 1.37 bits per heavy atom. The maximum atomic E-state index is 5.97. The molecule has 1 aromatic carbocycles. The molecule has 0 aliphatic carbocycles. The molecular formula is C15H25N3O. The van der Waals surface area contributed by atoms with Crippen molar-refractivity contribution in [3.05, 3.63) is 18.2 Å². The zero-order chi connectivity index (χ0) is 13.8. The molecule has 1 heterocycles. The summed E-state index contributed by atoms with van der Waals surface area (Å²) < 4.78 is 5.58. The number of nitrogens with two attached hydrogens (primary N) is 1. The van der Waals surface area contributed by atoms with Gasteiger partial charge in [-0.2, -0.15) is 0 Å². The first-order chi connectivity index (χ1) is 9.10. The van der Waals surface area contributed by atoms with E-state index in [9.17, 15) is 0 Å². The van der Waals surface area contributed by atoms with Crippen LogP contribution < -0.4 is 15.4 Å². The highest BCUT2D eigenvalue weighted by molar-refractivity contribution is 5.60. The SMILES string of the molecule is CCOc1cc(N)cc(N2CCCC(N(C)C)C2)c1. The average Bonchev–Trinajstić information content (AvgIpc) is 2.38. The van der Waals surface area contributed by atoms with Gasteiger partial charge in [-0.15, -0.1) is 0 Å². The van der Waals surface area contributed by atoms with E-state index >= 15 is 0 Å². The van der Waals surface area contributed by atoms with E-state index in [1.54, 1.807) is 0 Å². The van der Waals surface area contributed by atoms with Gasteiger partial charge < -0.3 is 20.3 Å². The third-order valence-electron chi connectivity index (χ3n) is 3.72. The average molecular weight is 263 g/mol. The zero-order valence-corrected chi connectivity index (χ0v) is 12.2. The molecule has 1 fully saturated rings. The Hall–Kier alpha value is -1.42. The molecule has 0 aromatic heterocycles. The van der Waals surface area contributed by atoms with Gasteiger partial charge in [-0.3, -0.25) is 0 Å². The lowest BCUT2D eigenvalue weighted by molar-refractivity contribution is 0.258. The van der Waals surface area contributed by atoms with Crippen molar-refractivity contribution in [2.45, 2.75) is 25.8 Å². The van der Waals surface area contributed by atoms with E-state index in [1.165, 1.54) is 18.5 Å². The van der Waals surface area contributed by atoms with Crippen LogP contribution in [0.5, 0.6) is 5.75 Å². The Balaban J connectivity index is 2.16. The van der Waals surface area contributed by atoms with Gasteiger partial charge >= 0.3 is 0 Å². The van der Waals surface area contributed by atoms with E-state index in [2.05, 4.69) is 30.0 Å². The van der Waals surface area contributed by atoms with Crippen LogP contribution >= 0.6 is 0 Å². The molecule has 0 radical (unpaired) electrons. The van der Waals surface area contributed by atoms with Crippen molar-refractivity contribution in [2.24, 2.45) is 0 Å². The molecule has 0 spiro atoms. The van der Waals surface area contributed by atoms with Crippen LogP contribution in [0, 0.1) is 0 Å². The monoisotopic (exact) mass is 263 g/mol. The number of nitrogen functional groups attached to an aromatic ring is 1. The normalized spacial score (nSPS) is 19.8. The van der Waals surface area contributed by atoms with Gasteiger partial charge in [0.2, 0.25) is 0 Å². The third-order valence-corrected chi connectivity index (χ3v) is 3.72. The van der Waals surface area contributed by atoms with E-state index in [4.69, 9.17) is 10.5 Å². The summed E-state index contributed by atoms with van der Waals surface area (Å²) in [5.74, 6) is 0.865. The van der Waals surface area contributed by atoms with Crippen LogP contribution in [0.3, 0.4) is 0 Å². The van der Waals surface area contributed by atoms with Gasteiger partial charge in [0, 0.05) is 42.6 Å². The molecule has 1 aliphatic rings. The molecule has 106 valence electrons. The van der Waals surface area contributed by atoms with Gasteiger partial charge in [0.05, 0.1) is 6.61 Å². The first kappa shape index (κ1) is 14.0. The molecule has 1 saturated heterocycles. The molecule has 0 bridgehead atoms. The van der Waals surface area contributed by atoms with Gasteiger partial charge in [0.1, 0.15) is 5.75 Å². The number of likely N-dealkylation sites (N-methyl/N-ethyl adjacent to an activating group) is 1. The van der Waals surface area contributed by atoms with Gasteiger partial charge in [-0.05, 0) is 39.9 Å². The maximum Gasteiger partial charge on any atom is 0.123 e. The molecule has 1 atom stereocenters. The predicted molar refractivity (Wildman–Crippen MR) is 80.9 cm³/mol. The van der Waals surface area contributed by atoms with Crippen molar-refractivity contribution in [2.75, 3.05) is 44.4 Å². The van der Waals surface area contributed by atoms with Crippen LogP contribution in [0.1, 0.15) is 19.8 Å². The number of rotatable bonds is 4. The Morgan fingerprint density at radius 2 is 2.16 bits per heavy atom. The lowest BCUT2D eigenvalue weighted by Gasteiger charge is -2.37. The van der Waals surface area contributed by atoms with Crippen LogP contribution in [-0.2, 0) is 0 Å². The summed E-state index contributed by atoms with van der Waals surface area (Å²) >= 11 is 0. The Labute approximate surface area is 116 Å². The lowest BCUT2D eigenvalue weighted by Crippen LogP contribution is -2.45. The van der Waals surface area contributed by atoms with Gasteiger partial charge in [0.25, 0.3) is 0 Å². The van der Waals surface area contributed by atoms with E-state index in [1.807, 2.05) is 19.1 Å². The number of benzene rings is 1. The zero-order valence-electron chi connectivity index (χ0n) is 12.2. The minimum Gasteiger partial charge on any atom is -0.494 e. The van der Waals surface area contributed by atoms with E-state index in [0.29, 0.717) is 12.6 Å². The predicted octanol–water partition coefficient (Wildman–Crippen LogP) is 2.20. The Bertz CT molecular complexity index is 420. The number of ether oxygens (including phenoxy) is 1. The number of hydrogen-bond acceptors (Lipinski definition) is 4. The first-order valence-corrected chi connectivity index (χ1v) is 7.05. The van der Waals surface area contributed by atoms with Crippen molar-refractivity contribution < 1.29 is 4.74 Å². The Morgan fingerprint density at radius 3 is 2.84 bits per heavy atom. The molecule has 19 heavy (non-hydrogen) atoms. The van der Waals surface area contributed by atoms with Crippen molar-refractivity contribution in [3.63, 3.8) is 0 Å². The number of nitrogens with zero attached hydrogens (tertiary/aromatic N) is 2. The molecule has 0 saturated carbocycles. The van der Waals surface area contributed by atoms with E-state index in [0.717, 1.165) is 24.5 Å². The molecule has 1 aromatic rings. The highest BCUT2D eigenvalue weighted by atomic mass is 16.5. The second-order valence-corrected chi connectivity index (χ2v) is 5.40. The van der Waals surface area contributed by atoms with Crippen LogP contribution in [0.4, 0.5) is 11.4 Å². The highest BCUT2D eigenvalue weighted by Crippen LogP contribution is 2.28. The van der Waals surface area contributed by atoms with Crippen LogP contribution in [0.15, 0.2) is 18.2 Å². The summed E-state index contributed by atoms with van der Waals surface area (Å²) in [6.45, 7) is 4.82. The molecule has 4 heteroatoms. The van der Waals surface area contributed by atoms with Crippen molar-refractivity contribution >= 4 is 11.4 Å². The minimum atomic E-state index is 0.616. The fourth-order valence-corrected chi connectivity index (χ4v) is 2.65. The molecule has 2 rings (SSSR count). The fourth-order valence-electron chi connectivity index (χ4n) is 2.65. The van der Waals surface area contributed by atoms with Crippen molar-refractivity contribution in [3.8, 4) is 5.75 Å². The molecule has 1 unspecified atom stereocenters. The van der Waals surface area contributed by atoms with Gasteiger partial charge in [0.15, 0.2) is 0 Å². The topological polar surface area (TPSA) is 41.7 Å². The second-order valence-electron chi connectivity index (χ2n) is 5.40. The second kappa shape index (κ2) is 6.15. The standard InChI is InChI=1S/C15H25N3O/c1-4-19-15-9-12(16)8-14(10-15)18-7-5-6-13(11-18)17(2)3/h8-10,13H,4-7,11,16H2,1-3H3. The van der Waals surface area contributed by atoms with E-state index < -0.39 is 0 Å². The maximum absolute atomic E-state index is 5.97. The number of hydrogen-bond donors (Lipinski definition) is 1. The number of piperidine rings is 1. The summed E-state index contributed by atoms with van der Waals surface area (Å²) in [5.41, 5.74) is 7.92. The summed E-state index contributed by atoms with van der Waals surface area (Å²) in [6.07, 6.45) is 2.49. The number of anilines is 2. The summed E-state index contributed by atoms with van der Waals surface area (Å²) in [5, 5.41) is 0. The molecule has 1 aliphatic heterocycles. The lowest BCUT2D eigenvalue weighted by atomic mass is 10.0. The third kappa shape index (κ3) is 3.53. The van der Waals surface area contributed by atoms with Crippen LogP contribution in [-0.4, -0.2) is 44.7 Å². The summed E-state index contributed by atoms with van der Waals surface area (Å²) in [7, 11) is 4.30. The summed E-state index contributed by atoms with van der Waals surface area (Å²) in [6, 6.07) is 6.64. The van der Waals surface area contributed by atoms with E-state index in [-0.39, 0.29) is 0 Å². The quantitative estimate of drug-likeness (QED) is 0.846. The molecule has 4 nitrogen and oxygen atoms in total. The fraction of sp³-hybridized carbons (Fsp3) is 0.600. The van der Waals surface area contributed by atoms with Gasteiger partial charge in [-0.1, -0.05) is 0 Å². The molecule has 2 N–H and O–H groups in total. The summed E-state index contributed by atoms with van der Waals surface area (Å²) in [4.78, 5) is 4.72. The first-order valence-electron chi connectivity index (χ1n) is 7.05. The molecular weight excluding hydrogens is 238 g/mol. The smallest absolute Gasteiger partial charge is 0.123 e. The van der Waals surface area contributed by atoms with Crippen LogP contribution in [0.25, 0.3) is 0 Å².